The van der Waals surface area contributed by atoms with E-state index in [1.807, 2.05) is 0 Å². The Balaban J connectivity index is 2.01. The molecule has 2 rings (SSSR count). The summed E-state index contributed by atoms with van der Waals surface area (Å²) >= 11 is 0. The molecule has 0 aromatic heterocycles. The van der Waals surface area contributed by atoms with Crippen molar-refractivity contribution < 1.29 is 23.9 Å². The van der Waals surface area contributed by atoms with Crippen molar-refractivity contribution in [2.24, 2.45) is 0 Å². The molecule has 0 aliphatic rings. The molecule has 28 heavy (non-hydrogen) atoms. The molecule has 0 spiro atoms. The van der Waals surface area contributed by atoms with Gasteiger partial charge < -0.3 is 15.0 Å². The van der Waals surface area contributed by atoms with Gasteiger partial charge in [-0.25, -0.2) is 4.79 Å². The third-order valence-electron chi connectivity index (χ3n) is 4.10. The predicted octanol–water partition coefficient (Wildman–Crippen LogP) is 3.06. The average Bonchev–Trinajstić information content (AvgIpc) is 2.68. The van der Waals surface area contributed by atoms with Crippen LogP contribution in [0.4, 0.5) is 11.4 Å². The SMILES string of the molecule is COC(=O)c1ccc(NC(=O)CCN(C(C)=O)c2cccc(C(C)=O)c2)cc1. The highest BCUT2D eigenvalue weighted by molar-refractivity contribution is 5.98. The summed E-state index contributed by atoms with van der Waals surface area (Å²) in [6.45, 7) is 3.03. The van der Waals surface area contributed by atoms with Crippen molar-refractivity contribution >= 4 is 34.9 Å². The molecule has 0 unspecified atom stereocenters. The van der Waals surface area contributed by atoms with Crippen LogP contribution in [0.15, 0.2) is 48.5 Å². The summed E-state index contributed by atoms with van der Waals surface area (Å²) in [4.78, 5) is 48.6. The highest BCUT2D eigenvalue weighted by Gasteiger charge is 2.15. The fourth-order valence-corrected chi connectivity index (χ4v) is 2.61. The first-order valence-corrected chi connectivity index (χ1v) is 8.69. The van der Waals surface area contributed by atoms with Crippen LogP contribution in [0.5, 0.6) is 0 Å². The molecule has 7 heteroatoms. The Morgan fingerprint density at radius 3 is 2.21 bits per heavy atom. The Bertz CT molecular complexity index is 890. The van der Waals surface area contributed by atoms with Crippen LogP contribution in [0.2, 0.25) is 0 Å². The molecule has 0 atom stereocenters. The number of carbonyl (C=O) groups excluding carboxylic acids is 4. The van der Waals surface area contributed by atoms with Crippen molar-refractivity contribution in [3.8, 4) is 0 Å². The van der Waals surface area contributed by atoms with Crippen LogP contribution in [0.3, 0.4) is 0 Å². The molecule has 0 aliphatic carbocycles. The van der Waals surface area contributed by atoms with Gasteiger partial charge in [0.1, 0.15) is 0 Å². The number of benzene rings is 2. The molecule has 0 aliphatic heterocycles. The van der Waals surface area contributed by atoms with Gasteiger partial charge >= 0.3 is 5.97 Å². The monoisotopic (exact) mass is 382 g/mol. The van der Waals surface area contributed by atoms with Crippen molar-refractivity contribution in [2.75, 3.05) is 23.9 Å². The van der Waals surface area contributed by atoms with Crippen molar-refractivity contribution in [1.82, 2.24) is 0 Å². The lowest BCUT2D eigenvalue weighted by atomic mass is 10.1. The number of rotatable bonds is 7. The number of nitrogens with one attached hydrogen (secondary N) is 1. The molecule has 0 saturated heterocycles. The molecular weight excluding hydrogens is 360 g/mol. The number of hydrogen-bond acceptors (Lipinski definition) is 5. The van der Waals surface area contributed by atoms with Gasteiger partial charge in [0.05, 0.1) is 12.7 Å². The van der Waals surface area contributed by atoms with Crippen molar-refractivity contribution in [3.05, 3.63) is 59.7 Å². The molecule has 1 N–H and O–H groups in total. The zero-order valence-corrected chi connectivity index (χ0v) is 16.0. The third-order valence-corrected chi connectivity index (χ3v) is 4.10. The number of carbonyl (C=O) groups is 4. The Hall–Kier alpha value is -3.48. The van der Waals surface area contributed by atoms with Gasteiger partial charge in [0.2, 0.25) is 11.8 Å². The highest BCUT2D eigenvalue weighted by Crippen LogP contribution is 2.18. The van der Waals surface area contributed by atoms with Gasteiger partial charge in [-0.3, -0.25) is 14.4 Å². The molecule has 2 aromatic rings. The van der Waals surface area contributed by atoms with Crippen LogP contribution in [0.25, 0.3) is 0 Å². The van der Waals surface area contributed by atoms with Gasteiger partial charge in [-0.05, 0) is 43.3 Å². The van der Waals surface area contributed by atoms with Gasteiger partial charge in [-0.2, -0.15) is 0 Å². The molecule has 0 heterocycles. The van der Waals surface area contributed by atoms with Crippen LogP contribution < -0.4 is 10.2 Å². The second kappa shape index (κ2) is 9.45. The molecule has 0 bridgehead atoms. The molecule has 2 aromatic carbocycles. The minimum absolute atomic E-state index is 0.0721. The third kappa shape index (κ3) is 5.51. The highest BCUT2D eigenvalue weighted by atomic mass is 16.5. The first-order valence-electron chi connectivity index (χ1n) is 8.69. The van der Waals surface area contributed by atoms with E-state index in [9.17, 15) is 19.2 Å². The summed E-state index contributed by atoms with van der Waals surface area (Å²) in [5.74, 6) is -1.06. The summed E-state index contributed by atoms with van der Waals surface area (Å²) in [5, 5.41) is 2.72. The van der Waals surface area contributed by atoms with E-state index in [1.54, 1.807) is 48.5 Å². The fraction of sp³-hybridized carbons (Fsp3) is 0.238. The Morgan fingerprint density at radius 1 is 0.964 bits per heavy atom. The predicted molar refractivity (Wildman–Crippen MR) is 106 cm³/mol. The number of amides is 2. The van der Waals surface area contributed by atoms with Crippen LogP contribution in [-0.2, 0) is 14.3 Å². The van der Waals surface area contributed by atoms with E-state index in [4.69, 9.17) is 0 Å². The number of ether oxygens (including phenoxy) is 1. The number of Topliss-reactive ketones (excluding diaryl/α,β-unsaturated/α-hetero) is 1. The number of ketones is 1. The minimum Gasteiger partial charge on any atom is -0.465 e. The number of esters is 1. The number of nitrogens with zero attached hydrogens (tertiary/aromatic N) is 1. The molecule has 0 fully saturated rings. The van der Waals surface area contributed by atoms with E-state index >= 15 is 0 Å². The summed E-state index contributed by atoms with van der Waals surface area (Å²) in [6, 6.07) is 13.0. The van der Waals surface area contributed by atoms with Crippen LogP contribution in [0, 0.1) is 0 Å². The van der Waals surface area contributed by atoms with Crippen molar-refractivity contribution in [1.29, 1.82) is 0 Å². The topological polar surface area (TPSA) is 92.8 Å². The molecule has 7 nitrogen and oxygen atoms in total. The average molecular weight is 382 g/mol. The summed E-state index contributed by atoms with van der Waals surface area (Å²) in [5.41, 5.74) is 1.98. The second-order valence-corrected chi connectivity index (χ2v) is 6.14. The molecule has 0 saturated carbocycles. The van der Waals surface area contributed by atoms with E-state index in [1.165, 1.54) is 25.9 Å². The maximum Gasteiger partial charge on any atom is 0.337 e. The molecule has 2 amide bonds. The quantitative estimate of drug-likeness (QED) is 0.587. The summed E-state index contributed by atoms with van der Waals surface area (Å²) < 4.78 is 4.62. The fourth-order valence-electron chi connectivity index (χ4n) is 2.61. The van der Waals surface area contributed by atoms with E-state index in [2.05, 4.69) is 10.1 Å². The van der Waals surface area contributed by atoms with Crippen LogP contribution >= 0.6 is 0 Å². The second-order valence-electron chi connectivity index (χ2n) is 6.14. The van der Waals surface area contributed by atoms with E-state index < -0.39 is 5.97 Å². The van der Waals surface area contributed by atoms with E-state index in [0.29, 0.717) is 22.5 Å². The first kappa shape index (κ1) is 20.8. The largest absolute Gasteiger partial charge is 0.465 e. The van der Waals surface area contributed by atoms with Gasteiger partial charge in [-0.1, -0.05) is 12.1 Å². The van der Waals surface area contributed by atoms with Gasteiger partial charge in [0, 0.05) is 36.8 Å². The normalized spacial score (nSPS) is 10.1. The smallest absolute Gasteiger partial charge is 0.337 e. The zero-order valence-electron chi connectivity index (χ0n) is 16.0. The lowest BCUT2D eigenvalue weighted by Gasteiger charge is -2.21. The van der Waals surface area contributed by atoms with Gasteiger partial charge in [-0.15, -0.1) is 0 Å². The molecular formula is C21H22N2O5. The number of methoxy groups -OCH3 is 1. The summed E-state index contributed by atoms with van der Waals surface area (Å²) in [7, 11) is 1.30. The Kier molecular flexibility index (Phi) is 7.03. The van der Waals surface area contributed by atoms with Crippen LogP contribution in [-0.4, -0.2) is 37.2 Å². The standard InChI is InChI=1S/C21H22N2O5/c1-14(24)17-5-4-6-19(13-17)23(15(2)25)12-11-20(26)22-18-9-7-16(8-10-18)21(27)28-3/h4-10,13H,11-12H2,1-3H3,(H,22,26). The minimum atomic E-state index is -0.456. The maximum atomic E-state index is 12.2. The Morgan fingerprint density at radius 2 is 1.64 bits per heavy atom. The number of hydrogen-bond donors (Lipinski definition) is 1. The van der Waals surface area contributed by atoms with E-state index in [-0.39, 0.29) is 30.6 Å². The van der Waals surface area contributed by atoms with Crippen molar-refractivity contribution in [2.45, 2.75) is 20.3 Å². The Labute approximate surface area is 163 Å². The van der Waals surface area contributed by atoms with E-state index in [0.717, 1.165) is 0 Å². The number of anilines is 2. The lowest BCUT2D eigenvalue weighted by molar-refractivity contribution is -0.117. The summed E-state index contributed by atoms with van der Waals surface area (Å²) in [6.07, 6.45) is 0.0721. The lowest BCUT2D eigenvalue weighted by Crippen LogP contribution is -2.32. The van der Waals surface area contributed by atoms with Gasteiger partial charge in [0.25, 0.3) is 0 Å². The van der Waals surface area contributed by atoms with Crippen molar-refractivity contribution in [3.63, 3.8) is 0 Å². The zero-order chi connectivity index (χ0) is 20.7. The van der Waals surface area contributed by atoms with Crippen LogP contribution in [0.1, 0.15) is 41.0 Å². The first-order chi connectivity index (χ1) is 13.3. The van der Waals surface area contributed by atoms with Gasteiger partial charge in [0.15, 0.2) is 5.78 Å². The maximum absolute atomic E-state index is 12.2. The molecule has 0 radical (unpaired) electrons. The molecule has 146 valence electrons.